The zero-order valence-corrected chi connectivity index (χ0v) is 12.1. The lowest BCUT2D eigenvalue weighted by Crippen LogP contribution is -2.46. The van der Waals surface area contributed by atoms with Crippen molar-refractivity contribution in [1.82, 2.24) is 10.2 Å². The van der Waals surface area contributed by atoms with Crippen LogP contribution in [0.3, 0.4) is 0 Å². The molecule has 3 nitrogen and oxygen atoms in total. The molecule has 1 heterocycles. The number of nitrogens with zero attached hydrogens (tertiary/aromatic N) is 1. The van der Waals surface area contributed by atoms with Crippen LogP contribution in [0.15, 0.2) is 22.7 Å². The van der Waals surface area contributed by atoms with Crippen LogP contribution in [0.2, 0.25) is 0 Å². The zero-order chi connectivity index (χ0) is 11.5. The number of hydrogen-bond donors (Lipinski definition) is 1. The molecule has 0 unspecified atom stereocenters. The SMILES string of the molecule is Cc1ccc(Br)cc1C(=O)N1CCNCC1.Cl. The van der Waals surface area contributed by atoms with E-state index in [9.17, 15) is 4.79 Å². The van der Waals surface area contributed by atoms with E-state index in [4.69, 9.17) is 0 Å². The van der Waals surface area contributed by atoms with Gasteiger partial charge in [-0.05, 0) is 24.6 Å². The maximum Gasteiger partial charge on any atom is 0.254 e. The Bertz CT molecular complexity index is 405. The summed E-state index contributed by atoms with van der Waals surface area (Å²) in [5.74, 6) is 0.139. The first-order valence-corrected chi connectivity index (χ1v) is 6.24. The number of benzene rings is 1. The first-order valence-electron chi connectivity index (χ1n) is 5.44. The van der Waals surface area contributed by atoms with Gasteiger partial charge in [0.05, 0.1) is 0 Å². The zero-order valence-electron chi connectivity index (χ0n) is 9.70. The predicted molar refractivity (Wildman–Crippen MR) is 74.9 cm³/mol. The number of aryl methyl sites for hydroxylation is 1. The minimum Gasteiger partial charge on any atom is -0.336 e. The third kappa shape index (κ3) is 3.44. The molecule has 0 saturated carbocycles. The molecule has 1 aliphatic heterocycles. The largest absolute Gasteiger partial charge is 0.336 e. The minimum atomic E-state index is 0. The molecule has 0 spiro atoms. The standard InChI is InChI=1S/C12H15BrN2O.ClH/c1-9-2-3-10(13)8-11(9)12(16)15-6-4-14-5-7-15;/h2-3,8,14H,4-7H2,1H3;1H. The lowest BCUT2D eigenvalue weighted by atomic mass is 10.1. The van der Waals surface area contributed by atoms with Gasteiger partial charge in [-0.15, -0.1) is 12.4 Å². The van der Waals surface area contributed by atoms with E-state index >= 15 is 0 Å². The van der Waals surface area contributed by atoms with Gasteiger partial charge in [0.15, 0.2) is 0 Å². The van der Waals surface area contributed by atoms with Gasteiger partial charge in [-0.2, -0.15) is 0 Å². The molecule has 0 bridgehead atoms. The monoisotopic (exact) mass is 318 g/mol. The van der Waals surface area contributed by atoms with E-state index in [-0.39, 0.29) is 18.3 Å². The van der Waals surface area contributed by atoms with E-state index in [2.05, 4.69) is 21.2 Å². The molecule has 0 aromatic heterocycles. The third-order valence-electron chi connectivity index (χ3n) is 2.83. The average molecular weight is 320 g/mol. The summed E-state index contributed by atoms with van der Waals surface area (Å²) in [6, 6.07) is 5.84. The Kier molecular flexibility index (Phi) is 5.43. The van der Waals surface area contributed by atoms with E-state index in [1.165, 1.54) is 0 Å². The van der Waals surface area contributed by atoms with Gasteiger partial charge in [0, 0.05) is 36.2 Å². The fourth-order valence-electron chi connectivity index (χ4n) is 1.86. The number of halogens is 2. The highest BCUT2D eigenvalue weighted by molar-refractivity contribution is 9.10. The van der Waals surface area contributed by atoms with E-state index in [0.717, 1.165) is 41.8 Å². The Morgan fingerprint density at radius 2 is 2.00 bits per heavy atom. The number of carbonyl (C=O) groups excluding carboxylic acids is 1. The Morgan fingerprint density at radius 3 is 2.65 bits per heavy atom. The highest BCUT2D eigenvalue weighted by Crippen LogP contribution is 2.18. The minimum absolute atomic E-state index is 0. The lowest BCUT2D eigenvalue weighted by molar-refractivity contribution is 0.0735. The summed E-state index contributed by atoms with van der Waals surface area (Å²) in [6.45, 7) is 5.34. The van der Waals surface area contributed by atoms with Gasteiger partial charge in [-0.1, -0.05) is 22.0 Å². The van der Waals surface area contributed by atoms with Crippen LogP contribution < -0.4 is 5.32 Å². The van der Waals surface area contributed by atoms with Crippen molar-refractivity contribution in [3.8, 4) is 0 Å². The van der Waals surface area contributed by atoms with E-state index in [1.54, 1.807) is 0 Å². The van der Waals surface area contributed by atoms with Crippen molar-refractivity contribution in [2.45, 2.75) is 6.92 Å². The summed E-state index contributed by atoms with van der Waals surface area (Å²) >= 11 is 3.41. The molecule has 5 heteroatoms. The second kappa shape index (κ2) is 6.38. The summed E-state index contributed by atoms with van der Waals surface area (Å²) in [5, 5.41) is 3.24. The fourth-order valence-corrected chi connectivity index (χ4v) is 2.22. The molecule has 2 rings (SSSR count). The Labute approximate surface area is 116 Å². The van der Waals surface area contributed by atoms with Crippen molar-refractivity contribution in [3.63, 3.8) is 0 Å². The molecule has 17 heavy (non-hydrogen) atoms. The first-order chi connectivity index (χ1) is 7.68. The Balaban J connectivity index is 0.00000144. The summed E-state index contributed by atoms with van der Waals surface area (Å²) < 4.78 is 0.955. The summed E-state index contributed by atoms with van der Waals surface area (Å²) in [4.78, 5) is 14.2. The fraction of sp³-hybridized carbons (Fsp3) is 0.417. The second-order valence-electron chi connectivity index (χ2n) is 4.00. The van der Waals surface area contributed by atoms with Gasteiger partial charge in [0.1, 0.15) is 0 Å². The molecule has 1 saturated heterocycles. The van der Waals surface area contributed by atoms with Gasteiger partial charge in [-0.3, -0.25) is 4.79 Å². The van der Waals surface area contributed by atoms with Gasteiger partial charge in [0.2, 0.25) is 0 Å². The Morgan fingerprint density at radius 1 is 1.35 bits per heavy atom. The normalized spacial score (nSPS) is 15.3. The quantitative estimate of drug-likeness (QED) is 0.861. The van der Waals surface area contributed by atoms with Crippen molar-refractivity contribution in [1.29, 1.82) is 0 Å². The van der Waals surface area contributed by atoms with Crippen molar-refractivity contribution < 1.29 is 4.79 Å². The topological polar surface area (TPSA) is 32.3 Å². The van der Waals surface area contributed by atoms with E-state index in [0.29, 0.717) is 0 Å². The summed E-state index contributed by atoms with van der Waals surface area (Å²) in [7, 11) is 0. The molecule has 1 aromatic rings. The van der Waals surface area contributed by atoms with E-state index in [1.807, 2.05) is 30.0 Å². The number of hydrogen-bond acceptors (Lipinski definition) is 2. The smallest absolute Gasteiger partial charge is 0.254 e. The van der Waals surface area contributed by atoms with Gasteiger partial charge in [-0.25, -0.2) is 0 Å². The van der Waals surface area contributed by atoms with Crippen molar-refractivity contribution in [2.24, 2.45) is 0 Å². The Hall–Kier alpha value is -0.580. The molecule has 1 amide bonds. The molecule has 1 aliphatic rings. The van der Waals surface area contributed by atoms with Crippen molar-refractivity contribution in [3.05, 3.63) is 33.8 Å². The first kappa shape index (κ1) is 14.5. The molecule has 1 fully saturated rings. The molecule has 1 N–H and O–H groups in total. The van der Waals surface area contributed by atoms with Crippen molar-refractivity contribution >= 4 is 34.2 Å². The lowest BCUT2D eigenvalue weighted by Gasteiger charge is -2.28. The van der Waals surface area contributed by atoms with Crippen LogP contribution in [-0.4, -0.2) is 37.0 Å². The molecule has 0 atom stereocenters. The number of piperazine rings is 1. The maximum atomic E-state index is 12.3. The third-order valence-corrected chi connectivity index (χ3v) is 3.33. The average Bonchev–Trinajstić information content (AvgIpc) is 2.32. The summed E-state index contributed by atoms with van der Waals surface area (Å²) in [5.41, 5.74) is 1.84. The van der Waals surface area contributed by atoms with Gasteiger partial charge in [0.25, 0.3) is 5.91 Å². The molecule has 0 radical (unpaired) electrons. The molecule has 1 aromatic carbocycles. The second-order valence-corrected chi connectivity index (χ2v) is 4.92. The van der Waals surface area contributed by atoms with Gasteiger partial charge < -0.3 is 10.2 Å². The van der Waals surface area contributed by atoms with Crippen LogP contribution >= 0.6 is 28.3 Å². The number of nitrogens with one attached hydrogen (secondary N) is 1. The molecular weight excluding hydrogens is 304 g/mol. The number of carbonyl (C=O) groups is 1. The molecule has 94 valence electrons. The number of amides is 1. The maximum absolute atomic E-state index is 12.3. The van der Waals surface area contributed by atoms with E-state index < -0.39 is 0 Å². The molecular formula is C12H16BrClN2O. The van der Waals surface area contributed by atoms with Crippen LogP contribution in [0.4, 0.5) is 0 Å². The van der Waals surface area contributed by atoms with Crippen LogP contribution in [-0.2, 0) is 0 Å². The van der Waals surface area contributed by atoms with Crippen LogP contribution in [0, 0.1) is 6.92 Å². The predicted octanol–water partition coefficient (Wildman–Crippen LogP) is 2.22. The van der Waals surface area contributed by atoms with Gasteiger partial charge >= 0.3 is 0 Å². The van der Waals surface area contributed by atoms with Crippen LogP contribution in [0.25, 0.3) is 0 Å². The number of rotatable bonds is 1. The summed E-state index contributed by atoms with van der Waals surface area (Å²) in [6.07, 6.45) is 0. The van der Waals surface area contributed by atoms with Crippen molar-refractivity contribution in [2.75, 3.05) is 26.2 Å². The van der Waals surface area contributed by atoms with Crippen LogP contribution in [0.1, 0.15) is 15.9 Å². The van der Waals surface area contributed by atoms with Crippen LogP contribution in [0.5, 0.6) is 0 Å². The molecule has 0 aliphatic carbocycles. The highest BCUT2D eigenvalue weighted by atomic mass is 79.9. The highest BCUT2D eigenvalue weighted by Gasteiger charge is 2.19.